The molecule has 1 aromatic heterocycles. The third-order valence-electron chi connectivity index (χ3n) is 1.23. The number of carboxylic acids is 1. The van der Waals surface area contributed by atoms with Crippen molar-refractivity contribution >= 4 is 12.3 Å². The number of aromatic carboxylic acids is 1. The van der Waals surface area contributed by atoms with E-state index in [9.17, 15) is 14.0 Å². The van der Waals surface area contributed by atoms with Crippen molar-refractivity contribution in [3.63, 3.8) is 0 Å². The molecule has 62 valence electrons. The van der Waals surface area contributed by atoms with Crippen LogP contribution in [0, 0.1) is 5.82 Å². The standard InChI is InChI=1S/C7H4FNO3/c8-5-2-9-6(7(11)12)1-4(5)3-10/h1-3H,(H,11,12). The van der Waals surface area contributed by atoms with Crippen LogP contribution < -0.4 is 0 Å². The van der Waals surface area contributed by atoms with Crippen LogP contribution in [0.15, 0.2) is 12.3 Å². The van der Waals surface area contributed by atoms with Crippen LogP contribution in [0.25, 0.3) is 0 Å². The van der Waals surface area contributed by atoms with Gasteiger partial charge in [-0.1, -0.05) is 0 Å². The van der Waals surface area contributed by atoms with Gasteiger partial charge in [-0.05, 0) is 6.07 Å². The number of halogens is 1. The summed E-state index contributed by atoms with van der Waals surface area (Å²) in [6, 6.07) is 0.880. The molecule has 0 unspecified atom stereocenters. The molecule has 4 nitrogen and oxygen atoms in total. The maximum Gasteiger partial charge on any atom is 0.354 e. The van der Waals surface area contributed by atoms with E-state index in [4.69, 9.17) is 5.11 Å². The fourth-order valence-electron chi connectivity index (χ4n) is 0.662. The average Bonchev–Trinajstić information content (AvgIpc) is 2.05. The molecular weight excluding hydrogens is 165 g/mol. The number of hydrogen-bond acceptors (Lipinski definition) is 3. The number of carboxylic acid groups (broad SMARTS) is 1. The molecule has 0 saturated heterocycles. The van der Waals surface area contributed by atoms with E-state index in [1.807, 2.05) is 0 Å². The van der Waals surface area contributed by atoms with Crippen molar-refractivity contribution in [1.29, 1.82) is 0 Å². The van der Waals surface area contributed by atoms with Crippen molar-refractivity contribution in [2.45, 2.75) is 0 Å². The maximum atomic E-state index is 12.5. The first kappa shape index (κ1) is 8.32. The minimum Gasteiger partial charge on any atom is -0.477 e. The molecule has 1 N–H and O–H groups in total. The molecule has 1 heterocycles. The van der Waals surface area contributed by atoms with Gasteiger partial charge < -0.3 is 5.11 Å². The van der Waals surface area contributed by atoms with E-state index in [1.54, 1.807) is 0 Å². The molecule has 0 aromatic carbocycles. The quantitative estimate of drug-likeness (QED) is 0.662. The smallest absolute Gasteiger partial charge is 0.354 e. The van der Waals surface area contributed by atoms with Gasteiger partial charge in [0.25, 0.3) is 0 Å². The minimum absolute atomic E-state index is 0.240. The topological polar surface area (TPSA) is 67.3 Å². The monoisotopic (exact) mass is 169 g/mol. The van der Waals surface area contributed by atoms with Crippen LogP contribution in [0.2, 0.25) is 0 Å². The van der Waals surface area contributed by atoms with Crippen LogP contribution in [0.4, 0.5) is 4.39 Å². The van der Waals surface area contributed by atoms with Crippen LogP contribution in [-0.4, -0.2) is 22.3 Å². The second kappa shape index (κ2) is 3.08. The molecule has 0 saturated carbocycles. The van der Waals surface area contributed by atoms with Crippen molar-refractivity contribution < 1.29 is 19.1 Å². The Kier molecular flexibility index (Phi) is 2.14. The van der Waals surface area contributed by atoms with Gasteiger partial charge in [0.05, 0.1) is 11.8 Å². The van der Waals surface area contributed by atoms with Crippen molar-refractivity contribution in [1.82, 2.24) is 4.98 Å². The molecule has 1 aromatic rings. The van der Waals surface area contributed by atoms with E-state index in [1.165, 1.54) is 0 Å². The molecule has 0 fully saturated rings. The van der Waals surface area contributed by atoms with Gasteiger partial charge in [-0.25, -0.2) is 14.2 Å². The summed E-state index contributed by atoms with van der Waals surface area (Å²) in [4.78, 5) is 23.7. The highest BCUT2D eigenvalue weighted by Gasteiger charge is 2.08. The van der Waals surface area contributed by atoms with E-state index in [0.29, 0.717) is 6.20 Å². The van der Waals surface area contributed by atoms with Gasteiger partial charge in [-0.3, -0.25) is 4.79 Å². The number of pyridine rings is 1. The normalized spacial score (nSPS) is 9.42. The third-order valence-corrected chi connectivity index (χ3v) is 1.23. The molecule has 1 rings (SSSR count). The van der Waals surface area contributed by atoms with Gasteiger partial charge in [0.1, 0.15) is 5.69 Å². The summed E-state index contributed by atoms with van der Waals surface area (Å²) in [7, 11) is 0. The number of carbonyl (C=O) groups is 2. The highest BCUT2D eigenvalue weighted by molar-refractivity contribution is 5.88. The lowest BCUT2D eigenvalue weighted by Gasteiger charge is -1.95. The van der Waals surface area contributed by atoms with Gasteiger partial charge in [0, 0.05) is 0 Å². The number of hydrogen-bond donors (Lipinski definition) is 1. The number of carbonyl (C=O) groups excluding carboxylic acids is 1. The Morgan fingerprint density at radius 2 is 2.33 bits per heavy atom. The molecule has 0 spiro atoms. The first-order valence-corrected chi connectivity index (χ1v) is 2.99. The Bertz CT molecular complexity index is 337. The average molecular weight is 169 g/mol. The van der Waals surface area contributed by atoms with Crippen molar-refractivity contribution in [3.8, 4) is 0 Å². The molecule has 0 amide bonds. The summed E-state index contributed by atoms with van der Waals surface area (Å²) in [6.45, 7) is 0. The number of nitrogens with zero attached hydrogens (tertiary/aromatic N) is 1. The molecule has 0 aliphatic carbocycles. The van der Waals surface area contributed by atoms with Crippen LogP contribution in [0.5, 0.6) is 0 Å². The number of aldehydes is 1. The van der Waals surface area contributed by atoms with E-state index in [2.05, 4.69) is 4.98 Å². The summed E-state index contributed by atoms with van der Waals surface area (Å²) in [5, 5.41) is 8.39. The highest BCUT2D eigenvalue weighted by Crippen LogP contribution is 2.04. The Morgan fingerprint density at radius 1 is 1.67 bits per heavy atom. The molecule has 0 aliphatic rings. The number of aromatic nitrogens is 1. The molecule has 12 heavy (non-hydrogen) atoms. The van der Waals surface area contributed by atoms with Crippen molar-refractivity contribution in [3.05, 3.63) is 29.3 Å². The van der Waals surface area contributed by atoms with Gasteiger partial charge in [0.15, 0.2) is 12.1 Å². The van der Waals surface area contributed by atoms with Crippen LogP contribution in [0.3, 0.4) is 0 Å². The molecular formula is C7H4FNO3. The number of rotatable bonds is 2. The Labute approximate surface area is 66.7 Å². The molecule has 0 bridgehead atoms. The van der Waals surface area contributed by atoms with Crippen LogP contribution in [-0.2, 0) is 0 Å². The van der Waals surface area contributed by atoms with Gasteiger partial charge in [0.2, 0.25) is 0 Å². The van der Waals surface area contributed by atoms with Gasteiger partial charge in [-0.15, -0.1) is 0 Å². The van der Waals surface area contributed by atoms with E-state index in [0.717, 1.165) is 6.07 Å². The van der Waals surface area contributed by atoms with Crippen molar-refractivity contribution in [2.75, 3.05) is 0 Å². The van der Waals surface area contributed by atoms with E-state index in [-0.39, 0.29) is 17.5 Å². The van der Waals surface area contributed by atoms with Crippen LogP contribution in [0.1, 0.15) is 20.8 Å². The lowest BCUT2D eigenvalue weighted by molar-refractivity contribution is 0.0690. The zero-order valence-corrected chi connectivity index (χ0v) is 5.82. The highest BCUT2D eigenvalue weighted by atomic mass is 19.1. The summed E-state index contributed by atoms with van der Waals surface area (Å²) < 4.78 is 12.5. The minimum atomic E-state index is -1.29. The third kappa shape index (κ3) is 1.45. The Hall–Kier alpha value is -1.78. The largest absolute Gasteiger partial charge is 0.477 e. The Balaban J connectivity index is 3.22. The zero-order valence-electron chi connectivity index (χ0n) is 5.82. The fourth-order valence-corrected chi connectivity index (χ4v) is 0.662. The SMILES string of the molecule is O=Cc1cc(C(=O)O)ncc1F. The maximum absolute atomic E-state index is 12.5. The van der Waals surface area contributed by atoms with E-state index < -0.39 is 11.8 Å². The van der Waals surface area contributed by atoms with Crippen LogP contribution >= 0.6 is 0 Å². The predicted octanol–water partition coefficient (Wildman–Crippen LogP) is 0.731. The fraction of sp³-hybridized carbons (Fsp3) is 0. The summed E-state index contributed by atoms with van der Waals surface area (Å²) in [5.74, 6) is -2.12. The Morgan fingerprint density at radius 3 is 2.83 bits per heavy atom. The summed E-state index contributed by atoms with van der Waals surface area (Å²) in [5.41, 5.74) is -0.652. The summed E-state index contributed by atoms with van der Waals surface area (Å²) in [6.07, 6.45) is 0.941. The lowest BCUT2D eigenvalue weighted by Crippen LogP contribution is -2.02. The van der Waals surface area contributed by atoms with Gasteiger partial charge >= 0.3 is 5.97 Å². The van der Waals surface area contributed by atoms with Crippen molar-refractivity contribution in [2.24, 2.45) is 0 Å². The second-order valence-electron chi connectivity index (χ2n) is 2.01. The molecule has 5 heteroatoms. The van der Waals surface area contributed by atoms with Gasteiger partial charge in [-0.2, -0.15) is 0 Å². The summed E-state index contributed by atoms with van der Waals surface area (Å²) >= 11 is 0. The second-order valence-corrected chi connectivity index (χ2v) is 2.01. The first-order valence-electron chi connectivity index (χ1n) is 2.99. The predicted molar refractivity (Wildman–Crippen MR) is 36.5 cm³/mol. The molecule has 0 radical (unpaired) electrons. The van der Waals surface area contributed by atoms with E-state index >= 15 is 0 Å². The zero-order chi connectivity index (χ0) is 9.14. The lowest BCUT2D eigenvalue weighted by atomic mass is 10.2. The molecule has 0 aliphatic heterocycles. The first-order chi connectivity index (χ1) is 5.65. The molecule has 0 atom stereocenters.